The maximum absolute atomic E-state index is 5.95. The zero-order valence-electron chi connectivity index (χ0n) is 22.5. The Kier molecular flexibility index (Phi) is 7.93. The highest BCUT2D eigenvalue weighted by Gasteiger charge is 2.42. The van der Waals surface area contributed by atoms with Crippen molar-refractivity contribution in [2.24, 2.45) is 0 Å². The molecule has 2 atom stereocenters. The van der Waals surface area contributed by atoms with Gasteiger partial charge in [0.1, 0.15) is 0 Å². The van der Waals surface area contributed by atoms with Crippen LogP contribution in [0.25, 0.3) is 0 Å². The van der Waals surface area contributed by atoms with Gasteiger partial charge in [-0.25, -0.2) is 0 Å². The molecule has 0 saturated carbocycles. The van der Waals surface area contributed by atoms with E-state index >= 15 is 0 Å². The number of rotatable bonds is 8. The molecular formula is C30H39N5OS. The summed E-state index contributed by atoms with van der Waals surface area (Å²) in [5.41, 5.74) is 7.36. The quantitative estimate of drug-likeness (QED) is 0.397. The van der Waals surface area contributed by atoms with E-state index in [4.69, 9.17) is 21.9 Å². The molecule has 6 nitrogen and oxygen atoms in total. The molecule has 2 saturated heterocycles. The maximum Gasteiger partial charge on any atom is 0.174 e. The van der Waals surface area contributed by atoms with Crippen molar-refractivity contribution < 1.29 is 4.74 Å². The molecular weight excluding hydrogens is 478 g/mol. The lowest BCUT2D eigenvalue weighted by molar-refractivity contribution is 0.0369. The third-order valence-electron chi connectivity index (χ3n) is 7.83. The van der Waals surface area contributed by atoms with Gasteiger partial charge >= 0.3 is 0 Å². The molecule has 0 amide bonds. The number of ether oxygens (including phenoxy) is 1. The molecule has 2 aliphatic rings. The Morgan fingerprint density at radius 3 is 2.49 bits per heavy atom. The lowest BCUT2D eigenvalue weighted by Gasteiger charge is -2.28. The highest BCUT2D eigenvalue weighted by Crippen LogP contribution is 2.43. The van der Waals surface area contributed by atoms with Crippen LogP contribution in [0.4, 0.5) is 5.69 Å². The summed E-state index contributed by atoms with van der Waals surface area (Å²) in [5, 5.41) is 4.36. The minimum atomic E-state index is -0.0271. The van der Waals surface area contributed by atoms with Gasteiger partial charge < -0.3 is 19.5 Å². The molecule has 3 aromatic rings. The molecule has 196 valence electrons. The highest BCUT2D eigenvalue weighted by molar-refractivity contribution is 7.80. The summed E-state index contributed by atoms with van der Waals surface area (Å²) in [4.78, 5) is 9.53. The first-order valence-electron chi connectivity index (χ1n) is 13.5. The van der Waals surface area contributed by atoms with Crippen LogP contribution in [0.15, 0.2) is 54.7 Å². The molecule has 2 fully saturated rings. The molecule has 2 aromatic heterocycles. The van der Waals surface area contributed by atoms with Crippen LogP contribution in [0.5, 0.6) is 0 Å². The number of aryl methyl sites for hydroxylation is 1. The minimum Gasteiger partial charge on any atom is -0.379 e. The molecule has 0 unspecified atom stereocenters. The average molecular weight is 518 g/mol. The van der Waals surface area contributed by atoms with Crippen molar-refractivity contribution >= 4 is 23.0 Å². The van der Waals surface area contributed by atoms with Crippen molar-refractivity contribution in [2.75, 3.05) is 37.7 Å². The first-order valence-corrected chi connectivity index (χ1v) is 13.9. The number of aromatic nitrogens is 2. The Morgan fingerprint density at radius 2 is 1.81 bits per heavy atom. The molecule has 2 aliphatic heterocycles. The van der Waals surface area contributed by atoms with E-state index < -0.39 is 0 Å². The smallest absolute Gasteiger partial charge is 0.174 e. The topological polar surface area (TPSA) is 45.6 Å². The van der Waals surface area contributed by atoms with Gasteiger partial charge in [-0.1, -0.05) is 32.0 Å². The molecule has 0 spiro atoms. The van der Waals surface area contributed by atoms with E-state index in [0.29, 0.717) is 5.92 Å². The van der Waals surface area contributed by atoms with Gasteiger partial charge in [-0.2, -0.15) is 0 Å². The predicted molar refractivity (Wildman–Crippen MR) is 154 cm³/mol. The van der Waals surface area contributed by atoms with Crippen LogP contribution in [0.3, 0.4) is 0 Å². The Balaban J connectivity index is 1.46. The fourth-order valence-corrected chi connectivity index (χ4v) is 6.06. The van der Waals surface area contributed by atoms with Crippen LogP contribution in [0.2, 0.25) is 0 Å². The highest BCUT2D eigenvalue weighted by atomic mass is 32.1. The maximum atomic E-state index is 5.95. The van der Waals surface area contributed by atoms with Crippen molar-refractivity contribution in [3.05, 3.63) is 82.9 Å². The first-order chi connectivity index (χ1) is 17.9. The van der Waals surface area contributed by atoms with Gasteiger partial charge in [0.2, 0.25) is 0 Å². The monoisotopic (exact) mass is 517 g/mol. The Morgan fingerprint density at radius 1 is 1.05 bits per heavy atom. The number of nitrogens with one attached hydrogen (secondary N) is 1. The van der Waals surface area contributed by atoms with Crippen LogP contribution < -0.4 is 10.2 Å². The fraction of sp³-hybridized carbons (Fsp3) is 0.467. The number of hydrogen-bond donors (Lipinski definition) is 1. The number of nitrogens with zero attached hydrogens (tertiary/aromatic N) is 4. The summed E-state index contributed by atoms with van der Waals surface area (Å²) in [5.74, 6) is 0.492. The average Bonchev–Trinajstić information content (AvgIpc) is 3.40. The van der Waals surface area contributed by atoms with E-state index in [-0.39, 0.29) is 12.1 Å². The largest absolute Gasteiger partial charge is 0.379 e. The van der Waals surface area contributed by atoms with Crippen LogP contribution >= 0.6 is 12.2 Å². The second kappa shape index (κ2) is 11.3. The number of benzene rings is 1. The number of anilines is 1. The molecule has 37 heavy (non-hydrogen) atoms. The lowest BCUT2D eigenvalue weighted by atomic mass is 9.96. The lowest BCUT2D eigenvalue weighted by Crippen LogP contribution is -2.37. The Bertz CT molecular complexity index is 1200. The van der Waals surface area contributed by atoms with Crippen LogP contribution in [-0.4, -0.2) is 52.4 Å². The van der Waals surface area contributed by atoms with E-state index in [1.807, 2.05) is 12.3 Å². The van der Waals surface area contributed by atoms with E-state index in [9.17, 15) is 0 Å². The standard InChI is InChI=1S/C30H39N5OS/c1-21(2)24-9-11-25(12-10-24)35-29(28(32-30(35)37)27-8-5-6-13-31-27)26-20-22(3)34(23(26)4)15-7-14-33-16-18-36-19-17-33/h5-6,8-13,20-21,28-29H,7,14-19H2,1-4H3,(H,32,37)/t28-,29+/m0/s1. The number of hydrogen-bond acceptors (Lipinski definition) is 4. The number of thiocarbonyl (C=S) groups is 1. The van der Waals surface area contributed by atoms with Gasteiger partial charge in [0.05, 0.1) is 31.0 Å². The van der Waals surface area contributed by atoms with E-state index in [1.165, 1.54) is 22.5 Å². The molecule has 5 rings (SSSR count). The van der Waals surface area contributed by atoms with Gasteiger partial charge in [-0.3, -0.25) is 9.88 Å². The summed E-state index contributed by atoms with van der Waals surface area (Å²) >= 11 is 5.95. The van der Waals surface area contributed by atoms with Crippen molar-refractivity contribution in [3.8, 4) is 0 Å². The summed E-state index contributed by atoms with van der Waals surface area (Å²) in [7, 11) is 0. The normalized spacial score (nSPS) is 20.6. The van der Waals surface area contributed by atoms with Gasteiger partial charge in [-0.05, 0) is 79.9 Å². The second-order valence-electron chi connectivity index (χ2n) is 10.5. The van der Waals surface area contributed by atoms with Crippen LogP contribution in [-0.2, 0) is 11.3 Å². The summed E-state index contributed by atoms with van der Waals surface area (Å²) < 4.78 is 7.99. The van der Waals surface area contributed by atoms with E-state index in [1.54, 1.807) is 0 Å². The van der Waals surface area contributed by atoms with Crippen molar-refractivity contribution in [2.45, 2.75) is 58.7 Å². The Labute approximate surface area is 226 Å². The van der Waals surface area contributed by atoms with Gasteiger partial charge in [0.25, 0.3) is 0 Å². The summed E-state index contributed by atoms with van der Waals surface area (Å²) in [6, 6.07) is 17.3. The molecule has 4 heterocycles. The van der Waals surface area contributed by atoms with Crippen LogP contribution in [0, 0.1) is 13.8 Å². The van der Waals surface area contributed by atoms with Crippen LogP contribution in [0.1, 0.15) is 66.5 Å². The molecule has 0 radical (unpaired) electrons. The molecule has 1 N–H and O–H groups in total. The summed E-state index contributed by atoms with van der Waals surface area (Å²) in [6.07, 6.45) is 2.99. The zero-order valence-corrected chi connectivity index (χ0v) is 23.3. The Hall–Kier alpha value is -2.74. The predicted octanol–water partition coefficient (Wildman–Crippen LogP) is 5.52. The molecule has 0 aliphatic carbocycles. The first kappa shape index (κ1) is 25.9. The van der Waals surface area contributed by atoms with Gasteiger partial charge in [0, 0.05) is 49.5 Å². The minimum absolute atomic E-state index is 0.0199. The van der Waals surface area contributed by atoms with E-state index in [2.05, 4.69) is 89.8 Å². The van der Waals surface area contributed by atoms with Crippen molar-refractivity contribution in [1.29, 1.82) is 0 Å². The zero-order chi connectivity index (χ0) is 25.9. The fourth-order valence-electron chi connectivity index (χ4n) is 5.72. The van der Waals surface area contributed by atoms with Gasteiger partial charge in [0.15, 0.2) is 5.11 Å². The molecule has 7 heteroatoms. The van der Waals surface area contributed by atoms with Crippen molar-refractivity contribution in [1.82, 2.24) is 19.8 Å². The number of morpholine rings is 1. The molecule has 1 aromatic carbocycles. The van der Waals surface area contributed by atoms with Gasteiger partial charge in [-0.15, -0.1) is 0 Å². The third-order valence-corrected chi connectivity index (χ3v) is 8.14. The van der Waals surface area contributed by atoms with Crippen molar-refractivity contribution in [3.63, 3.8) is 0 Å². The van der Waals surface area contributed by atoms with E-state index in [0.717, 1.165) is 62.3 Å². The second-order valence-corrected chi connectivity index (χ2v) is 10.9. The SMILES string of the molecule is Cc1cc([C@@H]2[C@H](c3ccccn3)NC(=S)N2c2ccc(C(C)C)cc2)c(C)n1CCCN1CCOCC1. The third kappa shape index (κ3) is 5.44. The summed E-state index contributed by atoms with van der Waals surface area (Å²) in [6.45, 7) is 14.8. The number of pyridine rings is 1. The molecule has 0 bridgehead atoms.